The van der Waals surface area contributed by atoms with Gasteiger partial charge in [-0.15, -0.1) is 0 Å². The van der Waals surface area contributed by atoms with Gasteiger partial charge in [-0.3, -0.25) is 14.9 Å². The van der Waals surface area contributed by atoms with E-state index in [1.54, 1.807) is 0 Å². The van der Waals surface area contributed by atoms with Gasteiger partial charge in [0.15, 0.2) is 0 Å². The number of carbonyl (C=O) groups is 1. The molecule has 0 saturated heterocycles. The molecule has 0 aromatic carbocycles. The zero-order valence-corrected chi connectivity index (χ0v) is 22.0. The van der Waals surface area contributed by atoms with Crippen molar-refractivity contribution >= 4 is 34.9 Å². The van der Waals surface area contributed by atoms with Crippen molar-refractivity contribution in [1.29, 1.82) is 0 Å². The third-order valence-corrected chi connectivity index (χ3v) is 8.33. The van der Waals surface area contributed by atoms with E-state index in [-0.39, 0.29) is 11.6 Å². The minimum absolute atomic E-state index is 0.0812. The molecule has 2 atom stereocenters. The molecule has 1 aliphatic rings. The highest BCUT2D eigenvalue weighted by Crippen LogP contribution is 2.22. The van der Waals surface area contributed by atoms with E-state index in [0.29, 0.717) is 23.2 Å². The smallest absolute Gasteiger partial charge is 0.268 e. The molecule has 0 radical (unpaired) electrons. The van der Waals surface area contributed by atoms with Gasteiger partial charge in [0.2, 0.25) is 5.91 Å². The van der Waals surface area contributed by atoms with Crippen LogP contribution < -0.4 is 10.2 Å². The van der Waals surface area contributed by atoms with Crippen LogP contribution in [0, 0.1) is 10.1 Å². The van der Waals surface area contributed by atoms with Crippen LogP contribution in [0.2, 0.25) is 0 Å². The predicted molar refractivity (Wildman–Crippen MR) is 137 cm³/mol. The maximum Gasteiger partial charge on any atom is 0.268 e. The summed E-state index contributed by atoms with van der Waals surface area (Å²) >= 11 is 3.27. The molecule has 0 aliphatic heterocycles. The molecule has 0 aromatic heterocycles. The first-order valence-corrected chi connectivity index (χ1v) is 14.8. The van der Waals surface area contributed by atoms with Gasteiger partial charge in [-0.1, -0.05) is 99.9 Å². The largest absolute Gasteiger partial charge is 0.630 e. The molecule has 8 heteroatoms. The maximum absolute atomic E-state index is 12.4. The lowest BCUT2D eigenvalue weighted by Crippen LogP contribution is -2.40. The van der Waals surface area contributed by atoms with Gasteiger partial charge in [-0.2, -0.15) is 0 Å². The highest BCUT2D eigenvalue weighted by molar-refractivity contribution is 9.09. The number of amides is 1. The molecule has 182 valence electrons. The third kappa shape index (κ3) is 12.9. The van der Waals surface area contributed by atoms with E-state index in [0.717, 1.165) is 19.3 Å². The van der Waals surface area contributed by atoms with Gasteiger partial charge in [0, 0.05) is 23.9 Å². The summed E-state index contributed by atoms with van der Waals surface area (Å²) < 4.78 is 0. The molecule has 0 heterocycles. The van der Waals surface area contributed by atoms with Crippen LogP contribution in [0.4, 0.5) is 0 Å². The minimum atomic E-state index is -1.69. The highest BCUT2D eigenvalue weighted by Gasteiger charge is 2.27. The molecular weight excluding hydrogens is 491 g/mol. The van der Waals surface area contributed by atoms with E-state index >= 15 is 0 Å². The summed E-state index contributed by atoms with van der Waals surface area (Å²) in [6.07, 6.45) is 21.3. The van der Waals surface area contributed by atoms with Crippen molar-refractivity contribution < 1.29 is 14.6 Å². The number of halogens is 1. The lowest BCUT2D eigenvalue weighted by molar-refractivity contribution is -0.419. The molecular formula is C24H40BrN2O4P. The Morgan fingerprint density at radius 1 is 1.00 bits per heavy atom. The number of hydrogen-bond acceptors (Lipinski definition) is 4. The summed E-state index contributed by atoms with van der Waals surface area (Å²) in [6.45, 7) is 2.25. The second kappa shape index (κ2) is 18.4. The van der Waals surface area contributed by atoms with E-state index in [2.05, 4.69) is 28.2 Å². The molecule has 0 bridgehead atoms. The maximum atomic E-state index is 12.4. The Kier molecular flexibility index (Phi) is 16.7. The van der Waals surface area contributed by atoms with Crippen LogP contribution in [0.15, 0.2) is 23.9 Å². The SMILES string of the molecule is CCCCCCCCCCCCCCCC(=O)NC1C=C([N+](=O)[O-])C=CC1=[P+]([O-])CCBr. The Balaban J connectivity index is 2.22. The van der Waals surface area contributed by atoms with Crippen molar-refractivity contribution in [2.24, 2.45) is 0 Å². The number of carbonyl (C=O) groups excluding carboxylic acids is 1. The molecule has 0 spiro atoms. The number of alkyl halides is 1. The standard InChI is InChI=1S/C24H40BrN2O4P/c1-2-3-4-5-6-7-8-9-10-11-12-13-14-15-24(28)26-22-20-21(27(29)30)16-17-23(22)32(31)19-18-25/h16-17,20,22H,2-15,18-19H2,1H3,(H,26,28). The van der Waals surface area contributed by atoms with Crippen molar-refractivity contribution in [2.45, 2.75) is 103 Å². The average Bonchev–Trinajstić information content (AvgIpc) is 2.77. The van der Waals surface area contributed by atoms with E-state index in [9.17, 15) is 19.8 Å². The Labute approximate surface area is 203 Å². The fourth-order valence-electron chi connectivity index (χ4n) is 3.82. The van der Waals surface area contributed by atoms with Crippen LogP contribution in [-0.4, -0.2) is 33.7 Å². The number of nitro groups is 1. The van der Waals surface area contributed by atoms with Crippen LogP contribution in [0.25, 0.3) is 0 Å². The molecule has 0 saturated carbocycles. The fraction of sp³-hybridized carbons (Fsp3) is 0.750. The summed E-state index contributed by atoms with van der Waals surface area (Å²) in [4.78, 5) is 35.4. The lowest BCUT2D eigenvalue weighted by Gasteiger charge is -2.17. The van der Waals surface area contributed by atoms with E-state index in [1.807, 2.05) is 0 Å². The first-order chi connectivity index (χ1) is 15.5. The molecule has 0 fully saturated rings. The first-order valence-electron chi connectivity index (χ1n) is 12.2. The van der Waals surface area contributed by atoms with Gasteiger partial charge < -0.3 is 10.2 Å². The van der Waals surface area contributed by atoms with Gasteiger partial charge in [-0.25, -0.2) is 0 Å². The van der Waals surface area contributed by atoms with E-state index < -0.39 is 18.7 Å². The van der Waals surface area contributed by atoms with Gasteiger partial charge in [0.1, 0.15) is 17.5 Å². The molecule has 1 N–H and O–H groups in total. The number of nitrogens with one attached hydrogen (secondary N) is 1. The second-order valence-electron chi connectivity index (χ2n) is 8.44. The monoisotopic (exact) mass is 530 g/mol. The molecule has 1 amide bonds. The molecule has 1 aliphatic carbocycles. The van der Waals surface area contributed by atoms with Crippen molar-refractivity contribution in [3.63, 3.8) is 0 Å². The Hall–Kier alpha value is -1.04. The minimum Gasteiger partial charge on any atom is -0.630 e. The topological polar surface area (TPSA) is 95.3 Å². The molecule has 0 aromatic rings. The predicted octanol–water partition coefficient (Wildman–Crippen LogP) is 6.01. The zero-order chi connectivity index (χ0) is 23.6. The molecule has 1 rings (SSSR count). The Morgan fingerprint density at radius 2 is 1.53 bits per heavy atom. The summed E-state index contributed by atoms with van der Waals surface area (Å²) in [5, 5.41) is 15.0. The normalized spacial score (nSPS) is 17.2. The molecule has 32 heavy (non-hydrogen) atoms. The van der Waals surface area contributed by atoms with Gasteiger partial charge in [0.25, 0.3) is 5.70 Å². The van der Waals surface area contributed by atoms with Crippen molar-refractivity contribution in [1.82, 2.24) is 5.32 Å². The quantitative estimate of drug-likeness (QED) is 0.0771. The van der Waals surface area contributed by atoms with Crippen LogP contribution in [0.3, 0.4) is 0 Å². The van der Waals surface area contributed by atoms with Crippen LogP contribution in [0.1, 0.15) is 96.8 Å². The number of unbranched alkanes of at least 4 members (excludes halogenated alkanes) is 12. The van der Waals surface area contributed by atoms with E-state index in [4.69, 9.17) is 0 Å². The zero-order valence-electron chi connectivity index (χ0n) is 19.5. The highest BCUT2D eigenvalue weighted by atomic mass is 79.9. The molecule has 6 nitrogen and oxygen atoms in total. The Morgan fingerprint density at radius 3 is 2.03 bits per heavy atom. The van der Waals surface area contributed by atoms with Crippen molar-refractivity contribution in [3.8, 4) is 0 Å². The Bertz CT molecular complexity index is 664. The summed E-state index contributed by atoms with van der Waals surface area (Å²) in [7, 11) is -1.69. The second-order valence-corrected chi connectivity index (χ2v) is 10.9. The van der Waals surface area contributed by atoms with Crippen molar-refractivity contribution in [2.75, 3.05) is 11.5 Å². The number of allylic oxidation sites excluding steroid dienone is 1. The van der Waals surface area contributed by atoms with Gasteiger partial charge in [0.05, 0.1) is 12.7 Å². The average molecular weight is 531 g/mol. The number of nitrogens with zero attached hydrogens (tertiary/aromatic N) is 1. The lowest BCUT2D eigenvalue weighted by atomic mass is 10.0. The van der Waals surface area contributed by atoms with E-state index in [1.165, 1.54) is 82.4 Å². The number of hydrogen-bond donors (Lipinski definition) is 1. The van der Waals surface area contributed by atoms with Gasteiger partial charge >= 0.3 is 0 Å². The summed E-state index contributed by atoms with van der Waals surface area (Å²) in [5.41, 5.74) is -0.0812. The van der Waals surface area contributed by atoms with Crippen LogP contribution in [0.5, 0.6) is 0 Å². The fourth-order valence-corrected chi connectivity index (χ4v) is 5.88. The van der Waals surface area contributed by atoms with Crippen LogP contribution in [-0.2, 0) is 4.79 Å². The summed E-state index contributed by atoms with van der Waals surface area (Å²) in [5.74, 6) is -0.146. The number of rotatable bonds is 18. The molecule has 2 unspecified atom stereocenters. The van der Waals surface area contributed by atoms with Gasteiger partial charge in [-0.05, 0) is 12.5 Å². The summed E-state index contributed by atoms with van der Waals surface area (Å²) in [6, 6.07) is -0.669. The first kappa shape index (κ1) is 29.0. The van der Waals surface area contributed by atoms with Crippen molar-refractivity contribution in [3.05, 3.63) is 34.0 Å². The third-order valence-electron chi connectivity index (χ3n) is 5.69. The van der Waals surface area contributed by atoms with Crippen LogP contribution >= 0.6 is 23.7 Å².